The van der Waals surface area contributed by atoms with Gasteiger partial charge in [-0.05, 0) is 24.3 Å². The first-order valence-corrected chi connectivity index (χ1v) is 7.09. The van der Waals surface area contributed by atoms with E-state index in [2.05, 4.69) is 0 Å². The van der Waals surface area contributed by atoms with E-state index in [9.17, 15) is 9.90 Å². The van der Waals surface area contributed by atoms with Gasteiger partial charge in [0.25, 0.3) is 0 Å². The molecule has 0 saturated heterocycles. The molecule has 2 N–H and O–H groups in total. The average Bonchev–Trinajstić information content (AvgIpc) is 2.58. The van der Waals surface area contributed by atoms with Gasteiger partial charge in [0.05, 0.1) is 14.2 Å². The number of phenols is 1. The van der Waals surface area contributed by atoms with Crippen LogP contribution in [0.4, 0.5) is 0 Å². The Morgan fingerprint density at radius 2 is 1.71 bits per heavy atom. The van der Waals surface area contributed by atoms with Gasteiger partial charge in [0, 0.05) is 6.07 Å². The normalized spacial score (nSPS) is 10.1. The zero-order valence-electron chi connectivity index (χ0n) is 13.3. The van der Waals surface area contributed by atoms with Crippen LogP contribution < -0.4 is 18.9 Å². The number of rotatable bonds is 8. The zero-order chi connectivity index (χ0) is 17.5. The summed E-state index contributed by atoms with van der Waals surface area (Å²) in [4.78, 5) is 10.8. The summed E-state index contributed by atoms with van der Waals surface area (Å²) < 4.78 is 21.5. The van der Waals surface area contributed by atoms with Crippen LogP contribution in [0.1, 0.15) is 10.4 Å². The van der Waals surface area contributed by atoms with Crippen LogP contribution in [0.2, 0.25) is 0 Å². The van der Waals surface area contributed by atoms with E-state index in [1.165, 1.54) is 32.4 Å². The molecule has 0 atom stereocenters. The number of methoxy groups -OCH3 is 2. The Hall–Kier alpha value is -3.09. The first kappa shape index (κ1) is 17.3. The van der Waals surface area contributed by atoms with Gasteiger partial charge in [-0.15, -0.1) is 0 Å². The van der Waals surface area contributed by atoms with E-state index in [0.29, 0.717) is 23.0 Å². The van der Waals surface area contributed by atoms with Crippen LogP contribution in [0.3, 0.4) is 0 Å². The molecule has 2 aromatic rings. The van der Waals surface area contributed by atoms with Crippen LogP contribution in [-0.4, -0.2) is 43.6 Å². The van der Waals surface area contributed by atoms with Crippen molar-refractivity contribution < 1.29 is 34.0 Å². The summed E-state index contributed by atoms with van der Waals surface area (Å²) >= 11 is 0. The van der Waals surface area contributed by atoms with E-state index in [4.69, 9.17) is 24.1 Å². The molecular formula is C17H18O7. The Morgan fingerprint density at radius 3 is 2.33 bits per heavy atom. The van der Waals surface area contributed by atoms with Gasteiger partial charge in [-0.1, -0.05) is 6.07 Å². The lowest BCUT2D eigenvalue weighted by molar-refractivity contribution is 0.0693. The molecule has 0 fully saturated rings. The fourth-order valence-corrected chi connectivity index (χ4v) is 2.06. The van der Waals surface area contributed by atoms with Crippen molar-refractivity contribution in [3.63, 3.8) is 0 Å². The van der Waals surface area contributed by atoms with Gasteiger partial charge < -0.3 is 29.2 Å². The lowest BCUT2D eigenvalue weighted by Crippen LogP contribution is -2.10. The number of carboxylic acid groups (broad SMARTS) is 1. The van der Waals surface area contributed by atoms with Crippen LogP contribution >= 0.6 is 0 Å². The summed E-state index contributed by atoms with van der Waals surface area (Å²) in [6.45, 7) is 0.428. The van der Waals surface area contributed by atoms with E-state index in [1.807, 2.05) is 0 Å². The van der Waals surface area contributed by atoms with Crippen molar-refractivity contribution in [1.29, 1.82) is 0 Å². The molecular weight excluding hydrogens is 316 g/mol. The summed E-state index contributed by atoms with van der Waals surface area (Å²) in [5.41, 5.74) is -0.181. The predicted octanol–water partition coefficient (Wildman–Crippen LogP) is 2.57. The second-order valence-electron chi connectivity index (χ2n) is 4.67. The molecule has 128 valence electrons. The first-order valence-electron chi connectivity index (χ1n) is 7.09. The predicted molar refractivity (Wildman–Crippen MR) is 85.6 cm³/mol. The van der Waals surface area contributed by atoms with Crippen molar-refractivity contribution in [2.24, 2.45) is 0 Å². The lowest BCUT2D eigenvalue weighted by Gasteiger charge is -2.14. The molecule has 7 heteroatoms. The summed E-state index contributed by atoms with van der Waals surface area (Å²) in [5, 5.41) is 18.4. The SMILES string of the molecule is COc1cccc(OCCOc2ccc(C(=O)O)c(O)c2)c1OC. The molecule has 2 rings (SSSR count). The molecule has 0 amide bonds. The second-order valence-corrected chi connectivity index (χ2v) is 4.67. The minimum absolute atomic E-state index is 0.181. The molecule has 0 radical (unpaired) electrons. The molecule has 0 spiro atoms. The highest BCUT2D eigenvalue weighted by Gasteiger charge is 2.12. The van der Waals surface area contributed by atoms with Gasteiger partial charge in [0.1, 0.15) is 30.3 Å². The minimum Gasteiger partial charge on any atom is -0.507 e. The van der Waals surface area contributed by atoms with E-state index in [0.717, 1.165) is 0 Å². The van der Waals surface area contributed by atoms with Gasteiger partial charge in [0.15, 0.2) is 11.5 Å². The van der Waals surface area contributed by atoms with E-state index in [1.54, 1.807) is 18.2 Å². The van der Waals surface area contributed by atoms with Crippen molar-refractivity contribution >= 4 is 5.97 Å². The Morgan fingerprint density at radius 1 is 1.00 bits per heavy atom. The third-order valence-electron chi connectivity index (χ3n) is 3.18. The number of aromatic carboxylic acids is 1. The number of para-hydroxylation sites is 1. The fourth-order valence-electron chi connectivity index (χ4n) is 2.06. The van der Waals surface area contributed by atoms with Gasteiger partial charge in [0.2, 0.25) is 5.75 Å². The van der Waals surface area contributed by atoms with Crippen molar-refractivity contribution in [1.82, 2.24) is 0 Å². The Bertz CT molecular complexity index is 712. The van der Waals surface area contributed by atoms with Crippen LogP contribution in [0, 0.1) is 0 Å². The molecule has 0 aromatic heterocycles. The number of carbonyl (C=O) groups is 1. The largest absolute Gasteiger partial charge is 0.507 e. The average molecular weight is 334 g/mol. The second kappa shape index (κ2) is 7.96. The third-order valence-corrected chi connectivity index (χ3v) is 3.18. The van der Waals surface area contributed by atoms with Crippen LogP contribution in [0.15, 0.2) is 36.4 Å². The summed E-state index contributed by atoms with van der Waals surface area (Å²) in [6.07, 6.45) is 0. The smallest absolute Gasteiger partial charge is 0.339 e. The van der Waals surface area contributed by atoms with Crippen molar-refractivity contribution in [3.05, 3.63) is 42.0 Å². The van der Waals surface area contributed by atoms with E-state index in [-0.39, 0.29) is 24.5 Å². The molecule has 7 nitrogen and oxygen atoms in total. The van der Waals surface area contributed by atoms with Crippen LogP contribution in [-0.2, 0) is 0 Å². The molecule has 0 aliphatic heterocycles. The van der Waals surface area contributed by atoms with Crippen molar-refractivity contribution in [3.8, 4) is 28.7 Å². The maximum absolute atomic E-state index is 10.8. The van der Waals surface area contributed by atoms with Crippen LogP contribution in [0.5, 0.6) is 28.7 Å². The molecule has 0 heterocycles. The van der Waals surface area contributed by atoms with Gasteiger partial charge in [-0.2, -0.15) is 0 Å². The Labute approximate surface area is 139 Å². The topological polar surface area (TPSA) is 94.5 Å². The number of benzene rings is 2. The highest BCUT2D eigenvalue weighted by molar-refractivity contribution is 5.90. The number of aromatic hydroxyl groups is 1. The maximum atomic E-state index is 10.8. The Balaban J connectivity index is 1.92. The minimum atomic E-state index is -1.20. The van der Waals surface area contributed by atoms with Gasteiger partial charge in [-0.25, -0.2) is 4.79 Å². The van der Waals surface area contributed by atoms with Gasteiger partial charge >= 0.3 is 5.97 Å². The quantitative estimate of drug-likeness (QED) is 0.716. The fraction of sp³-hybridized carbons (Fsp3) is 0.235. The molecule has 0 saturated carbocycles. The monoisotopic (exact) mass is 334 g/mol. The highest BCUT2D eigenvalue weighted by Crippen LogP contribution is 2.36. The molecule has 0 aliphatic carbocycles. The zero-order valence-corrected chi connectivity index (χ0v) is 13.3. The number of ether oxygens (including phenoxy) is 4. The molecule has 0 aliphatic rings. The number of carboxylic acids is 1. The summed E-state index contributed by atoms with van der Waals surface area (Å²) in [5.74, 6) is 0.361. The molecule has 24 heavy (non-hydrogen) atoms. The van der Waals surface area contributed by atoms with Crippen molar-refractivity contribution in [2.45, 2.75) is 0 Å². The first-order chi connectivity index (χ1) is 11.6. The third kappa shape index (κ3) is 4.01. The molecule has 2 aromatic carbocycles. The lowest BCUT2D eigenvalue weighted by atomic mass is 10.2. The maximum Gasteiger partial charge on any atom is 0.339 e. The molecule has 0 bridgehead atoms. The molecule has 0 unspecified atom stereocenters. The van der Waals surface area contributed by atoms with Gasteiger partial charge in [-0.3, -0.25) is 0 Å². The highest BCUT2D eigenvalue weighted by atomic mass is 16.5. The Kier molecular flexibility index (Phi) is 5.73. The standard InChI is InChI=1S/C17H18O7/c1-21-14-4-3-5-15(16(14)22-2)24-9-8-23-11-6-7-12(17(19)20)13(18)10-11/h3-7,10,18H,8-9H2,1-2H3,(H,19,20). The van der Waals surface area contributed by atoms with Crippen molar-refractivity contribution in [2.75, 3.05) is 27.4 Å². The van der Waals surface area contributed by atoms with Crippen LogP contribution in [0.25, 0.3) is 0 Å². The van der Waals surface area contributed by atoms with E-state index < -0.39 is 5.97 Å². The number of hydrogen-bond acceptors (Lipinski definition) is 6. The van der Waals surface area contributed by atoms with E-state index >= 15 is 0 Å². The number of hydrogen-bond donors (Lipinski definition) is 2. The summed E-state index contributed by atoms with van der Waals surface area (Å²) in [6, 6.07) is 9.27. The summed E-state index contributed by atoms with van der Waals surface area (Å²) in [7, 11) is 3.06.